The summed E-state index contributed by atoms with van der Waals surface area (Å²) in [4.78, 5) is 29.3. The van der Waals surface area contributed by atoms with E-state index in [1.54, 1.807) is 29.7 Å². The molecule has 5 nitrogen and oxygen atoms in total. The van der Waals surface area contributed by atoms with Gasteiger partial charge in [-0.2, -0.15) is 13.2 Å². The molecule has 4 rings (SSSR count). The molecule has 0 spiro atoms. The molecule has 33 heavy (non-hydrogen) atoms. The van der Waals surface area contributed by atoms with Crippen LogP contribution >= 0.6 is 0 Å². The fraction of sp³-hybridized carbons (Fsp3) is 0.160. The van der Waals surface area contributed by atoms with Crippen molar-refractivity contribution in [3.05, 3.63) is 100.0 Å². The number of hydrogen-bond acceptors (Lipinski definition) is 4. The number of pyridine rings is 2. The zero-order valence-corrected chi connectivity index (χ0v) is 17.6. The van der Waals surface area contributed by atoms with Crippen LogP contribution in [0.2, 0.25) is 0 Å². The van der Waals surface area contributed by atoms with E-state index in [4.69, 9.17) is 4.74 Å². The molecule has 2 heterocycles. The third-order valence-electron chi connectivity index (χ3n) is 5.22. The molecule has 168 valence electrons. The Morgan fingerprint density at radius 1 is 1.03 bits per heavy atom. The van der Waals surface area contributed by atoms with Gasteiger partial charge in [-0.05, 0) is 47.9 Å². The molecule has 2 aromatic heterocycles. The zero-order valence-electron chi connectivity index (χ0n) is 17.6. The maximum Gasteiger partial charge on any atom is 0.416 e. The average molecular weight is 452 g/mol. The molecule has 0 aliphatic rings. The van der Waals surface area contributed by atoms with Crippen LogP contribution < -0.4 is 5.43 Å². The number of esters is 1. The molecule has 0 radical (unpaired) electrons. The van der Waals surface area contributed by atoms with Gasteiger partial charge in [-0.3, -0.25) is 9.78 Å². The lowest BCUT2D eigenvalue weighted by atomic mass is 9.98. The summed E-state index contributed by atoms with van der Waals surface area (Å²) in [7, 11) is 0. The van der Waals surface area contributed by atoms with Gasteiger partial charge < -0.3 is 9.30 Å². The Labute approximate surface area is 187 Å². The largest absolute Gasteiger partial charge is 0.462 e. The number of carbonyl (C=O) groups excluding carboxylic acids is 1. The monoisotopic (exact) mass is 452 g/mol. The Morgan fingerprint density at radius 3 is 2.45 bits per heavy atom. The van der Waals surface area contributed by atoms with Gasteiger partial charge in [-0.1, -0.05) is 36.4 Å². The molecule has 0 bridgehead atoms. The number of aromatic nitrogens is 2. The fourth-order valence-electron chi connectivity index (χ4n) is 3.66. The van der Waals surface area contributed by atoms with Crippen molar-refractivity contribution in [2.24, 2.45) is 0 Å². The highest BCUT2D eigenvalue weighted by Crippen LogP contribution is 2.32. The van der Waals surface area contributed by atoms with E-state index in [-0.39, 0.29) is 24.2 Å². The van der Waals surface area contributed by atoms with Crippen molar-refractivity contribution in [1.82, 2.24) is 9.55 Å². The lowest BCUT2D eigenvalue weighted by molar-refractivity contribution is -0.137. The minimum Gasteiger partial charge on any atom is -0.462 e. The molecule has 0 fully saturated rings. The maximum atomic E-state index is 13.0. The Kier molecular flexibility index (Phi) is 6.00. The summed E-state index contributed by atoms with van der Waals surface area (Å²) in [6.45, 7) is 2.03. The SMILES string of the molecule is CCOC(=O)c1cn(Cc2ccccc2-c2ccc(C(F)(F)F)cc2)c2cccnc2c1=O. The first-order valence-electron chi connectivity index (χ1n) is 10.2. The molecule has 0 unspecified atom stereocenters. The number of fused-ring (bicyclic) bond motifs is 1. The second kappa shape index (κ2) is 8.90. The second-order valence-electron chi connectivity index (χ2n) is 7.32. The van der Waals surface area contributed by atoms with Gasteiger partial charge in [0.15, 0.2) is 0 Å². The Balaban J connectivity index is 1.81. The van der Waals surface area contributed by atoms with Crippen LogP contribution in [0.1, 0.15) is 28.4 Å². The van der Waals surface area contributed by atoms with Crippen molar-refractivity contribution in [3.63, 3.8) is 0 Å². The van der Waals surface area contributed by atoms with Crippen molar-refractivity contribution in [3.8, 4) is 11.1 Å². The molecule has 0 amide bonds. The highest BCUT2D eigenvalue weighted by Gasteiger charge is 2.30. The van der Waals surface area contributed by atoms with Gasteiger partial charge in [-0.25, -0.2) is 4.79 Å². The van der Waals surface area contributed by atoms with Crippen molar-refractivity contribution < 1.29 is 22.7 Å². The molecule has 0 atom stereocenters. The first-order valence-corrected chi connectivity index (χ1v) is 10.2. The van der Waals surface area contributed by atoms with E-state index in [9.17, 15) is 22.8 Å². The van der Waals surface area contributed by atoms with Crippen molar-refractivity contribution >= 4 is 17.0 Å². The number of rotatable bonds is 5. The third-order valence-corrected chi connectivity index (χ3v) is 5.22. The summed E-state index contributed by atoms with van der Waals surface area (Å²) in [6.07, 6.45) is -1.50. The summed E-state index contributed by atoms with van der Waals surface area (Å²) in [5.41, 5.74) is 1.44. The fourth-order valence-corrected chi connectivity index (χ4v) is 3.66. The van der Waals surface area contributed by atoms with Crippen LogP contribution in [0.15, 0.2) is 77.9 Å². The molecule has 2 aromatic carbocycles. The Morgan fingerprint density at radius 2 is 1.76 bits per heavy atom. The summed E-state index contributed by atoms with van der Waals surface area (Å²) in [5, 5.41) is 0. The molecule has 0 saturated carbocycles. The maximum absolute atomic E-state index is 13.0. The number of ether oxygens (including phenoxy) is 1. The first kappa shape index (κ1) is 22.3. The lowest BCUT2D eigenvalue weighted by Crippen LogP contribution is -2.22. The van der Waals surface area contributed by atoms with Crippen LogP contribution in [0.4, 0.5) is 13.2 Å². The van der Waals surface area contributed by atoms with Crippen molar-refractivity contribution in [2.45, 2.75) is 19.6 Å². The van der Waals surface area contributed by atoms with Gasteiger partial charge >= 0.3 is 12.1 Å². The van der Waals surface area contributed by atoms with E-state index < -0.39 is 23.1 Å². The van der Waals surface area contributed by atoms with E-state index in [0.29, 0.717) is 11.1 Å². The van der Waals surface area contributed by atoms with Gasteiger partial charge in [0, 0.05) is 18.9 Å². The minimum atomic E-state index is -4.41. The van der Waals surface area contributed by atoms with E-state index in [2.05, 4.69) is 4.98 Å². The molecular weight excluding hydrogens is 433 g/mol. The topological polar surface area (TPSA) is 61.2 Å². The molecule has 8 heteroatoms. The molecule has 0 aliphatic heterocycles. The van der Waals surface area contributed by atoms with Crippen LogP contribution in [0.25, 0.3) is 22.2 Å². The zero-order chi connectivity index (χ0) is 23.6. The van der Waals surface area contributed by atoms with Gasteiger partial charge in [0.2, 0.25) is 5.43 Å². The Hall–Kier alpha value is -3.94. The summed E-state index contributed by atoms with van der Waals surface area (Å²) < 4.78 is 45.6. The van der Waals surface area contributed by atoms with Gasteiger partial charge in [0.05, 0.1) is 17.7 Å². The lowest BCUT2D eigenvalue weighted by Gasteiger charge is -2.16. The number of hydrogen-bond donors (Lipinski definition) is 0. The van der Waals surface area contributed by atoms with Crippen LogP contribution in [0.5, 0.6) is 0 Å². The quantitative estimate of drug-likeness (QED) is 0.385. The van der Waals surface area contributed by atoms with E-state index in [0.717, 1.165) is 23.3 Å². The standard InChI is InChI=1S/C25H19F3N2O3/c1-2-33-24(32)20-15-30(21-8-5-13-29-22(21)23(20)31)14-17-6-3-4-7-19(17)16-9-11-18(12-10-16)25(26,27)28/h3-13,15H,2,14H2,1H3. The van der Waals surface area contributed by atoms with E-state index in [1.807, 2.05) is 18.2 Å². The first-order chi connectivity index (χ1) is 15.8. The van der Waals surface area contributed by atoms with Crippen LogP contribution in [-0.4, -0.2) is 22.1 Å². The van der Waals surface area contributed by atoms with Crippen molar-refractivity contribution in [1.29, 1.82) is 0 Å². The number of halogens is 3. The number of nitrogens with zero attached hydrogens (tertiary/aromatic N) is 2. The van der Waals surface area contributed by atoms with Gasteiger partial charge in [-0.15, -0.1) is 0 Å². The highest BCUT2D eigenvalue weighted by molar-refractivity contribution is 5.92. The Bertz CT molecular complexity index is 1380. The van der Waals surface area contributed by atoms with E-state index in [1.165, 1.54) is 24.5 Å². The number of benzene rings is 2. The third kappa shape index (κ3) is 4.50. The second-order valence-corrected chi connectivity index (χ2v) is 7.32. The predicted molar refractivity (Wildman–Crippen MR) is 118 cm³/mol. The van der Waals surface area contributed by atoms with Crippen LogP contribution in [-0.2, 0) is 17.5 Å². The van der Waals surface area contributed by atoms with Gasteiger partial charge in [0.25, 0.3) is 0 Å². The normalized spacial score (nSPS) is 11.5. The highest BCUT2D eigenvalue weighted by atomic mass is 19.4. The molecule has 0 saturated heterocycles. The minimum absolute atomic E-state index is 0.120. The number of carbonyl (C=O) groups is 1. The summed E-state index contributed by atoms with van der Waals surface area (Å²) >= 11 is 0. The molecule has 0 aliphatic carbocycles. The average Bonchev–Trinajstić information content (AvgIpc) is 2.81. The van der Waals surface area contributed by atoms with Gasteiger partial charge in [0.1, 0.15) is 11.1 Å². The number of alkyl halides is 3. The summed E-state index contributed by atoms with van der Waals surface area (Å²) in [5.74, 6) is -0.736. The van der Waals surface area contributed by atoms with E-state index >= 15 is 0 Å². The molecular formula is C25H19F3N2O3. The molecule has 0 N–H and O–H groups in total. The van der Waals surface area contributed by atoms with Crippen LogP contribution in [0.3, 0.4) is 0 Å². The van der Waals surface area contributed by atoms with Crippen molar-refractivity contribution in [2.75, 3.05) is 6.61 Å². The smallest absolute Gasteiger partial charge is 0.416 e. The molecule has 4 aromatic rings. The predicted octanol–water partition coefficient (Wildman–Crippen LogP) is 5.31. The summed E-state index contributed by atoms with van der Waals surface area (Å²) in [6, 6.07) is 15.6. The van der Waals surface area contributed by atoms with Crippen LogP contribution in [0, 0.1) is 0 Å².